The zero-order valence-electron chi connectivity index (χ0n) is 12.8. The highest BCUT2D eigenvalue weighted by Crippen LogP contribution is 2.19. The molecule has 0 spiro atoms. The fourth-order valence-electron chi connectivity index (χ4n) is 2.11. The van der Waals surface area contributed by atoms with E-state index in [1.165, 1.54) is 21.4 Å². The highest BCUT2D eigenvalue weighted by Gasteiger charge is 2.13. The van der Waals surface area contributed by atoms with Gasteiger partial charge in [-0.1, -0.05) is 12.1 Å². The summed E-state index contributed by atoms with van der Waals surface area (Å²) in [7, 11) is 1.65. The van der Waals surface area contributed by atoms with Crippen LogP contribution in [0.25, 0.3) is 23.0 Å². The standard InChI is InChI=1S/C15H15N5O3/c1-3-8-20-13(22)7-5-11(17-20)15-16-14(18-23-15)10-4-6-12(21)19(2)9-10/h4-7,9H,3,8H2,1-2H3. The van der Waals surface area contributed by atoms with Gasteiger partial charge in [-0.25, -0.2) is 4.68 Å². The number of nitrogens with zero attached hydrogens (tertiary/aromatic N) is 5. The number of pyridine rings is 1. The second-order valence-corrected chi connectivity index (χ2v) is 5.07. The van der Waals surface area contributed by atoms with Gasteiger partial charge in [0.1, 0.15) is 5.69 Å². The molecule has 0 bridgehead atoms. The normalized spacial score (nSPS) is 10.9. The number of hydrogen-bond acceptors (Lipinski definition) is 6. The molecule has 0 aromatic carbocycles. The second-order valence-electron chi connectivity index (χ2n) is 5.07. The predicted molar refractivity (Wildman–Crippen MR) is 82.8 cm³/mol. The largest absolute Gasteiger partial charge is 0.332 e. The van der Waals surface area contributed by atoms with Gasteiger partial charge < -0.3 is 9.09 Å². The number of rotatable bonds is 4. The van der Waals surface area contributed by atoms with Crippen LogP contribution in [-0.2, 0) is 13.6 Å². The van der Waals surface area contributed by atoms with Crippen molar-refractivity contribution in [2.75, 3.05) is 0 Å². The van der Waals surface area contributed by atoms with Crippen LogP contribution in [0.5, 0.6) is 0 Å². The van der Waals surface area contributed by atoms with Crippen LogP contribution in [0, 0.1) is 0 Å². The topological polar surface area (TPSA) is 95.8 Å². The SMILES string of the molecule is CCCn1nc(-c2nc(-c3ccc(=O)n(C)c3)no2)ccc1=O. The average Bonchev–Trinajstić information content (AvgIpc) is 3.02. The summed E-state index contributed by atoms with van der Waals surface area (Å²) in [5.74, 6) is 0.573. The van der Waals surface area contributed by atoms with Gasteiger partial charge in [0.25, 0.3) is 11.4 Å². The number of hydrogen-bond donors (Lipinski definition) is 0. The minimum Gasteiger partial charge on any atom is -0.332 e. The molecule has 0 unspecified atom stereocenters. The van der Waals surface area contributed by atoms with Crippen LogP contribution in [0.1, 0.15) is 13.3 Å². The van der Waals surface area contributed by atoms with Crippen molar-refractivity contribution in [1.82, 2.24) is 24.5 Å². The predicted octanol–water partition coefficient (Wildman–Crippen LogP) is 1.07. The van der Waals surface area contributed by atoms with E-state index in [1.54, 1.807) is 25.4 Å². The van der Waals surface area contributed by atoms with E-state index in [0.717, 1.165) is 6.42 Å². The molecule has 3 rings (SSSR count). The van der Waals surface area contributed by atoms with Gasteiger partial charge in [-0.3, -0.25) is 9.59 Å². The summed E-state index contributed by atoms with van der Waals surface area (Å²) >= 11 is 0. The molecule has 0 saturated carbocycles. The van der Waals surface area contributed by atoms with E-state index in [-0.39, 0.29) is 17.0 Å². The molecule has 3 aromatic rings. The Morgan fingerprint density at radius 1 is 1.13 bits per heavy atom. The van der Waals surface area contributed by atoms with E-state index in [9.17, 15) is 9.59 Å². The van der Waals surface area contributed by atoms with Crippen molar-refractivity contribution >= 4 is 0 Å². The monoisotopic (exact) mass is 313 g/mol. The van der Waals surface area contributed by atoms with Gasteiger partial charge in [-0.05, 0) is 18.6 Å². The molecule has 3 aromatic heterocycles. The maximum Gasteiger partial charge on any atom is 0.278 e. The average molecular weight is 313 g/mol. The van der Waals surface area contributed by atoms with Crippen LogP contribution in [-0.4, -0.2) is 24.5 Å². The van der Waals surface area contributed by atoms with Crippen molar-refractivity contribution in [3.8, 4) is 23.0 Å². The lowest BCUT2D eigenvalue weighted by Crippen LogP contribution is -2.22. The zero-order chi connectivity index (χ0) is 16.4. The molecule has 0 aliphatic carbocycles. The fraction of sp³-hybridized carbons (Fsp3) is 0.267. The molecule has 0 aliphatic rings. The number of aryl methyl sites for hydroxylation is 2. The molecule has 0 amide bonds. The Morgan fingerprint density at radius 3 is 2.65 bits per heavy atom. The van der Waals surface area contributed by atoms with Crippen molar-refractivity contribution in [1.29, 1.82) is 0 Å². The van der Waals surface area contributed by atoms with Crippen molar-refractivity contribution < 1.29 is 4.52 Å². The lowest BCUT2D eigenvalue weighted by atomic mass is 10.2. The Kier molecular flexibility index (Phi) is 3.88. The third-order valence-electron chi connectivity index (χ3n) is 3.29. The van der Waals surface area contributed by atoms with Crippen LogP contribution in [0.15, 0.2) is 44.6 Å². The van der Waals surface area contributed by atoms with Crippen molar-refractivity contribution in [2.45, 2.75) is 19.9 Å². The maximum atomic E-state index is 11.7. The molecular formula is C15H15N5O3. The summed E-state index contributed by atoms with van der Waals surface area (Å²) in [6.45, 7) is 2.49. The minimum absolute atomic E-state index is 0.120. The summed E-state index contributed by atoms with van der Waals surface area (Å²) < 4.78 is 8.02. The van der Waals surface area contributed by atoms with Gasteiger partial charge in [0, 0.05) is 37.5 Å². The summed E-state index contributed by atoms with van der Waals surface area (Å²) in [6.07, 6.45) is 2.42. The molecule has 8 nitrogen and oxygen atoms in total. The summed E-state index contributed by atoms with van der Waals surface area (Å²) in [4.78, 5) is 27.4. The van der Waals surface area contributed by atoms with E-state index >= 15 is 0 Å². The zero-order valence-corrected chi connectivity index (χ0v) is 12.8. The Hall–Kier alpha value is -3.03. The molecule has 0 saturated heterocycles. The molecule has 3 heterocycles. The molecule has 0 N–H and O–H groups in total. The van der Waals surface area contributed by atoms with Crippen LogP contribution >= 0.6 is 0 Å². The van der Waals surface area contributed by atoms with Gasteiger partial charge in [-0.2, -0.15) is 10.1 Å². The highest BCUT2D eigenvalue weighted by atomic mass is 16.5. The Labute approximate surface area is 131 Å². The first-order valence-corrected chi connectivity index (χ1v) is 7.18. The Balaban J connectivity index is 1.98. The molecule has 0 aliphatic heterocycles. The molecule has 8 heteroatoms. The number of aromatic nitrogens is 5. The smallest absolute Gasteiger partial charge is 0.278 e. The second kappa shape index (κ2) is 5.99. The third kappa shape index (κ3) is 2.96. The minimum atomic E-state index is -0.173. The lowest BCUT2D eigenvalue weighted by molar-refractivity contribution is 0.428. The van der Waals surface area contributed by atoms with Crippen LogP contribution < -0.4 is 11.1 Å². The van der Waals surface area contributed by atoms with Gasteiger partial charge in [0.05, 0.1) is 0 Å². The Bertz CT molecular complexity index is 954. The van der Waals surface area contributed by atoms with Gasteiger partial charge in [0.2, 0.25) is 11.4 Å². The fourth-order valence-corrected chi connectivity index (χ4v) is 2.11. The summed E-state index contributed by atoms with van der Waals surface area (Å²) in [5, 5.41) is 8.13. The molecule has 0 fully saturated rings. The molecule has 23 heavy (non-hydrogen) atoms. The van der Waals surface area contributed by atoms with E-state index < -0.39 is 0 Å². The Morgan fingerprint density at radius 2 is 1.91 bits per heavy atom. The first-order chi connectivity index (χ1) is 11.1. The van der Waals surface area contributed by atoms with Crippen molar-refractivity contribution in [3.05, 3.63) is 51.2 Å². The molecular weight excluding hydrogens is 298 g/mol. The van der Waals surface area contributed by atoms with Gasteiger partial charge in [-0.15, -0.1) is 0 Å². The van der Waals surface area contributed by atoms with E-state index in [1.807, 2.05) is 6.92 Å². The lowest BCUT2D eigenvalue weighted by Gasteiger charge is -2.02. The first kappa shape index (κ1) is 14.9. The van der Waals surface area contributed by atoms with E-state index in [2.05, 4.69) is 15.2 Å². The van der Waals surface area contributed by atoms with Crippen molar-refractivity contribution in [3.63, 3.8) is 0 Å². The molecule has 0 radical (unpaired) electrons. The highest BCUT2D eigenvalue weighted by molar-refractivity contribution is 5.56. The first-order valence-electron chi connectivity index (χ1n) is 7.18. The van der Waals surface area contributed by atoms with E-state index in [4.69, 9.17) is 4.52 Å². The van der Waals surface area contributed by atoms with Gasteiger partial charge in [0.15, 0.2) is 0 Å². The van der Waals surface area contributed by atoms with Gasteiger partial charge >= 0.3 is 0 Å². The van der Waals surface area contributed by atoms with Crippen LogP contribution in [0.4, 0.5) is 0 Å². The molecule has 118 valence electrons. The molecule has 0 atom stereocenters. The van der Waals surface area contributed by atoms with E-state index in [0.29, 0.717) is 23.6 Å². The third-order valence-corrected chi connectivity index (χ3v) is 3.29. The maximum absolute atomic E-state index is 11.7. The summed E-state index contributed by atoms with van der Waals surface area (Å²) in [5.41, 5.74) is 0.796. The quantitative estimate of drug-likeness (QED) is 0.715. The van der Waals surface area contributed by atoms with Crippen LogP contribution in [0.2, 0.25) is 0 Å². The van der Waals surface area contributed by atoms with Crippen LogP contribution in [0.3, 0.4) is 0 Å². The summed E-state index contributed by atoms with van der Waals surface area (Å²) in [6, 6.07) is 6.04. The van der Waals surface area contributed by atoms with Crippen molar-refractivity contribution in [2.24, 2.45) is 7.05 Å².